The van der Waals surface area contributed by atoms with Crippen molar-refractivity contribution in [2.24, 2.45) is 17.3 Å². The lowest BCUT2D eigenvalue weighted by Gasteiger charge is -2.33. The van der Waals surface area contributed by atoms with Crippen molar-refractivity contribution in [1.82, 2.24) is 0 Å². The zero-order chi connectivity index (χ0) is 13.3. The lowest BCUT2D eigenvalue weighted by molar-refractivity contribution is -0.123. The summed E-state index contributed by atoms with van der Waals surface area (Å²) in [5.74, 6) is 1.53. The van der Waals surface area contributed by atoms with E-state index in [-0.39, 0.29) is 11.3 Å². The third-order valence-corrected chi connectivity index (χ3v) is 5.12. The highest BCUT2D eigenvalue weighted by Crippen LogP contribution is 2.50. The molecule has 0 bridgehead atoms. The van der Waals surface area contributed by atoms with Gasteiger partial charge in [-0.3, -0.25) is 4.79 Å². The van der Waals surface area contributed by atoms with Crippen molar-refractivity contribution in [2.45, 2.75) is 33.1 Å². The highest BCUT2D eigenvalue weighted by atomic mass is 127. The fourth-order valence-corrected chi connectivity index (χ4v) is 4.16. The van der Waals surface area contributed by atoms with Crippen LogP contribution in [0.3, 0.4) is 0 Å². The van der Waals surface area contributed by atoms with Gasteiger partial charge in [0.2, 0.25) is 0 Å². The van der Waals surface area contributed by atoms with E-state index in [1.165, 1.54) is 5.56 Å². The Balaban J connectivity index is 2.42. The van der Waals surface area contributed by atoms with E-state index in [9.17, 15) is 4.79 Å². The van der Waals surface area contributed by atoms with E-state index in [1.54, 1.807) is 0 Å². The Morgan fingerprint density at radius 2 is 1.83 bits per heavy atom. The average Bonchev–Trinajstić information content (AvgIpc) is 2.67. The lowest BCUT2D eigenvalue weighted by Crippen LogP contribution is -2.29. The SMILES string of the molecule is CC(C)(C)[C@H]1C(=O)C[C@@H](CI)[C@@H]1c1ccccc1. The maximum absolute atomic E-state index is 12.4. The van der Waals surface area contributed by atoms with E-state index in [0.29, 0.717) is 17.6 Å². The van der Waals surface area contributed by atoms with Gasteiger partial charge in [0.05, 0.1) is 0 Å². The van der Waals surface area contributed by atoms with Crippen LogP contribution in [-0.4, -0.2) is 10.2 Å². The van der Waals surface area contributed by atoms with Crippen LogP contribution in [0.5, 0.6) is 0 Å². The molecule has 1 aliphatic carbocycles. The van der Waals surface area contributed by atoms with E-state index in [0.717, 1.165) is 10.8 Å². The van der Waals surface area contributed by atoms with Crippen LogP contribution in [0.15, 0.2) is 30.3 Å². The average molecular weight is 356 g/mol. The molecule has 1 aromatic carbocycles. The van der Waals surface area contributed by atoms with E-state index in [1.807, 2.05) is 6.07 Å². The van der Waals surface area contributed by atoms with Gasteiger partial charge < -0.3 is 0 Å². The molecular weight excluding hydrogens is 335 g/mol. The van der Waals surface area contributed by atoms with Crippen LogP contribution in [0.2, 0.25) is 0 Å². The number of hydrogen-bond donors (Lipinski definition) is 0. The Kier molecular flexibility index (Phi) is 4.15. The molecule has 1 saturated carbocycles. The van der Waals surface area contributed by atoms with Gasteiger partial charge in [0.15, 0.2) is 0 Å². The van der Waals surface area contributed by atoms with E-state index in [2.05, 4.69) is 67.6 Å². The first kappa shape index (κ1) is 14.0. The summed E-state index contributed by atoms with van der Waals surface area (Å²) in [6.07, 6.45) is 0.754. The van der Waals surface area contributed by atoms with Crippen molar-refractivity contribution in [3.8, 4) is 0 Å². The molecule has 0 unspecified atom stereocenters. The molecule has 1 nitrogen and oxygen atoms in total. The number of benzene rings is 1. The molecule has 2 heteroatoms. The molecule has 0 heterocycles. The number of carbonyl (C=O) groups excluding carboxylic acids is 1. The molecule has 0 saturated heterocycles. The first-order chi connectivity index (χ1) is 8.45. The van der Waals surface area contributed by atoms with Crippen molar-refractivity contribution in [3.63, 3.8) is 0 Å². The van der Waals surface area contributed by atoms with Crippen LogP contribution in [-0.2, 0) is 4.79 Å². The maximum atomic E-state index is 12.4. The van der Waals surface area contributed by atoms with Crippen LogP contribution in [0.1, 0.15) is 38.7 Å². The lowest BCUT2D eigenvalue weighted by atomic mass is 9.70. The van der Waals surface area contributed by atoms with E-state index in [4.69, 9.17) is 0 Å². The molecule has 18 heavy (non-hydrogen) atoms. The molecule has 0 N–H and O–H groups in total. The largest absolute Gasteiger partial charge is 0.299 e. The first-order valence-corrected chi connectivity index (χ1v) is 8.11. The van der Waals surface area contributed by atoms with Crippen molar-refractivity contribution in [2.75, 3.05) is 4.43 Å². The predicted octanol–water partition coefficient (Wildman–Crippen LogP) is 4.46. The number of rotatable bonds is 2. The summed E-state index contributed by atoms with van der Waals surface area (Å²) in [6.45, 7) is 6.59. The van der Waals surface area contributed by atoms with Gasteiger partial charge in [-0.25, -0.2) is 0 Å². The summed E-state index contributed by atoms with van der Waals surface area (Å²) in [5, 5.41) is 0. The smallest absolute Gasteiger partial charge is 0.137 e. The van der Waals surface area contributed by atoms with Crippen LogP contribution in [0.4, 0.5) is 0 Å². The summed E-state index contributed by atoms with van der Waals surface area (Å²) in [7, 11) is 0. The Hall–Kier alpha value is -0.380. The minimum Gasteiger partial charge on any atom is -0.299 e. The van der Waals surface area contributed by atoms with Gasteiger partial charge in [-0.1, -0.05) is 73.7 Å². The van der Waals surface area contributed by atoms with E-state index < -0.39 is 0 Å². The molecule has 1 fully saturated rings. The van der Waals surface area contributed by atoms with Gasteiger partial charge in [0.25, 0.3) is 0 Å². The molecule has 98 valence electrons. The zero-order valence-electron chi connectivity index (χ0n) is 11.3. The van der Waals surface area contributed by atoms with Crippen LogP contribution in [0.25, 0.3) is 0 Å². The highest BCUT2D eigenvalue weighted by molar-refractivity contribution is 14.1. The van der Waals surface area contributed by atoms with Crippen molar-refractivity contribution < 1.29 is 4.79 Å². The molecule has 0 spiro atoms. The van der Waals surface area contributed by atoms with Gasteiger partial charge in [0.1, 0.15) is 5.78 Å². The van der Waals surface area contributed by atoms with Gasteiger partial charge in [-0.2, -0.15) is 0 Å². The Bertz CT molecular complexity index is 418. The topological polar surface area (TPSA) is 17.1 Å². The summed E-state index contributed by atoms with van der Waals surface area (Å²) in [5.41, 5.74) is 1.39. The second kappa shape index (κ2) is 5.32. The Morgan fingerprint density at radius 1 is 1.22 bits per heavy atom. The zero-order valence-corrected chi connectivity index (χ0v) is 13.5. The van der Waals surface area contributed by atoms with Gasteiger partial charge in [-0.15, -0.1) is 0 Å². The quantitative estimate of drug-likeness (QED) is 0.565. The molecule has 0 aliphatic heterocycles. The van der Waals surface area contributed by atoms with Crippen LogP contribution >= 0.6 is 22.6 Å². The van der Waals surface area contributed by atoms with Crippen LogP contribution < -0.4 is 0 Å². The number of halogens is 1. The number of alkyl halides is 1. The molecule has 2 rings (SSSR count). The Labute approximate surface area is 123 Å². The summed E-state index contributed by atoms with van der Waals surface area (Å²) < 4.78 is 1.07. The van der Waals surface area contributed by atoms with Crippen molar-refractivity contribution >= 4 is 28.4 Å². The van der Waals surface area contributed by atoms with Crippen molar-refractivity contribution in [1.29, 1.82) is 0 Å². The van der Waals surface area contributed by atoms with Gasteiger partial charge in [-0.05, 0) is 22.8 Å². The first-order valence-electron chi connectivity index (χ1n) is 6.58. The molecule has 0 amide bonds. The minimum absolute atomic E-state index is 0.0537. The van der Waals surface area contributed by atoms with E-state index >= 15 is 0 Å². The monoisotopic (exact) mass is 356 g/mol. The maximum Gasteiger partial charge on any atom is 0.137 e. The molecule has 1 aliphatic rings. The minimum atomic E-state index is 0.0537. The molecular formula is C16H21IO. The predicted molar refractivity (Wildman–Crippen MR) is 84.1 cm³/mol. The second-order valence-corrected chi connectivity index (χ2v) is 7.25. The highest BCUT2D eigenvalue weighted by Gasteiger charge is 2.47. The molecule has 0 radical (unpaired) electrons. The number of ketones is 1. The molecule has 1 aromatic rings. The van der Waals surface area contributed by atoms with Gasteiger partial charge >= 0.3 is 0 Å². The van der Waals surface area contributed by atoms with Gasteiger partial charge in [0, 0.05) is 16.8 Å². The fourth-order valence-electron chi connectivity index (χ4n) is 3.30. The number of hydrogen-bond acceptors (Lipinski definition) is 1. The Morgan fingerprint density at radius 3 is 2.33 bits per heavy atom. The standard InChI is InChI=1S/C16H21IO/c1-16(2,3)15-13(18)9-12(10-17)14(15)11-7-5-4-6-8-11/h4-8,12,14-15H,9-10H2,1-3H3/t12-,14-,15-/m0/s1. The summed E-state index contributed by atoms with van der Waals surface area (Å²) >= 11 is 2.43. The van der Waals surface area contributed by atoms with Crippen molar-refractivity contribution in [3.05, 3.63) is 35.9 Å². The summed E-state index contributed by atoms with van der Waals surface area (Å²) in [6, 6.07) is 10.6. The number of carbonyl (C=O) groups is 1. The molecule has 0 aromatic heterocycles. The number of Topliss-reactive ketones (excluding diaryl/α,β-unsaturated/α-hetero) is 1. The summed E-state index contributed by atoms with van der Waals surface area (Å²) in [4.78, 5) is 12.4. The normalized spacial score (nSPS) is 28.7. The third kappa shape index (κ3) is 2.63. The van der Waals surface area contributed by atoms with Crippen LogP contribution in [0, 0.1) is 17.3 Å². The second-order valence-electron chi connectivity index (χ2n) is 6.36. The third-order valence-electron chi connectivity index (χ3n) is 3.99. The fraction of sp³-hybridized carbons (Fsp3) is 0.562. The molecule has 3 atom stereocenters.